The van der Waals surface area contributed by atoms with Crippen LogP contribution in [0.25, 0.3) is 0 Å². The van der Waals surface area contributed by atoms with Crippen molar-refractivity contribution in [1.29, 1.82) is 0 Å². The van der Waals surface area contributed by atoms with Crippen LogP contribution >= 0.6 is 0 Å². The minimum absolute atomic E-state index is 0.273. The van der Waals surface area contributed by atoms with Crippen LogP contribution in [0.3, 0.4) is 0 Å². The van der Waals surface area contributed by atoms with E-state index in [9.17, 15) is 4.79 Å². The van der Waals surface area contributed by atoms with Gasteiger partial charge in [-0.1, -0.05) is 6.07 Å². The van der Waals surface area contributed by atoms with E-state index in [0.29, 0.717) is 11.5 Å². The molecule has 0 aliphatic heterocycles. The summed E-state index contributed by atoms with van der Waals surface area (Å²) in [7, 11) is 3.65. The molecule has 2 aliphatic carbocycles. The number of aromatic nitrogens is 1. The molecule has 0 saturated heterocycles. The predicted molar refractivity (Wildman–Crippen MR) is 112 cm³/mol. The molecule has 4 rings (SSSR count). The number of fused-ring (bicyclic) bond motifs is 1. The number of anilines is 1. The van der Waals surface area contributed by atoms with Crippen molar-refractivity contribution in [3.63, 3.8) is 0 Å². The number of ether oxygens (including phenoxy) is 1. The van der Waals surface area contributed by atoms with Crippen LogP contribution in [0.1, 0.15) is 65.1 Å². The van der Waals surface area contributed by atoms with E-state index in [1.54, 1.807) is 12.3 Å². The number of methoxy groups -OCH3 is 1. The maximum absolute atomic E-state index is 12.0. The summed E-state index contributed by atoms with van der Waals surface area (Å²) < 4.78 is 4.92. The number of hydrogen-bond acceptors (Lipinski definition) is 4. The standard InChI is InChI=1S/C24H30N2O2/c1-26(16-17-6-7-17)21-10-11-22-18(4-3-5-19(22)14-21)8-9-20-15-25-13-12-23(20)24(27)28-2/h10-15,17-18H,3-9,16H2,1-2H3/t18-/m0/s1. The summed E-state index contributed by atoms with van der Waals surface area (Å²) in [6.45, 7) is 1.18. The third-order valence-corrected chi connectivity index (χ3v) is 6.31. The van der Waals surface area contributed by atoms with Crippen molar-refractivity contribution >= 4 is 11.7 Å². The molecule has 0 amide bonds. The zero-order chi connectivity index (χ0) is 19.5. The number of esters is 1. The van der Waals surface area contributed by atoms with Crippen LogP contribution in [-0.2, 0) is 17.6 Å². The van der Waals surface area contributed by atoms with Crippen molar-refractivity contribution in [2.24, 2.45) is 5.92 Å². The Morgan fingerprint density at radius 1 is 1.25 bits per heavy atom. The van der Waals surface area contributed by atoms with Gasteiger partial charge < -0.3 is 9.64 Å². The summed E-state index contributed by atoms with van der Waals surface area (Å²) in [4.78, 5) is 18.6. The molecule has 0 unspecified atom stereocenters. The molecular formula is C24H30N2O2. The number of hydrogen-bond donors (Lipinski definition) is 0. The molecule has 1 atom stereocenters. The largest absolute Gasteiger partial charge is 0.465 e. The normalized spacial score (nSPS) is 18.4. The Labute approximate surface area is 167 Å². The molecular weight excluding hydrogens is 348 g/mol. The Bertz CT molecular complexity index is 844. The predicted octanol–water partition coefficient (Wildman–Crippen LogP) is 4.77. The van der Waals surface area contributed by atoms with Gasteiger partial charge in [0.05, 0.1) is 12.7 Å². The van der Waals surface area contributed by atoms with Crippen molar-refractivity contribution < 1.29 is 9.53 Å². The van der Waals surface area contributed by atoms with Crippen LogP contribution < -0.4 is 4.90 Å². The first-order valence-corrected chi connectivity index (χ1v) is 10.5. The maximum atomic E-state index is 12.0. The topological polar surface area (TPSA) is 42.4 Å². The Morgan fingerprint density at radius 3 is 2.89 bits per heavy atom. The van der Waals surface area contributed by atoms with E-state index in [0.717, 1.165) is 24.3 Å². The van der Waals surface area contributed by atoms with Crippen LogP contribution in [0.2, 0.25) is 0 Å². The molecule has 0 spiro atoms. The van der Waals surface area contributed by atoms with E-state index >= 15 is 0 Å². The number of pyridine rings is 1. The van der Waals surface area contributed by atoms with E-state index in [4.69, 9.17) is 4.74 Å². The fourth-order valence-electron chi connectivity index (χ4n) is 4.50. The number of nitrogens with zero attached hydrogens (tertiary/aromatic N) is 2. The summed E-state index contributed by atoms with van der Waals surface area (Å²) in [5.41, 5.74) is 5.99. The highest BCUT2D eigenvalue weighted by Crippen LogP contribution is 2.37. The Morgan fingerprint density at radius 2 is 2.11 bits per heavy atom. The molecule has 28 heavy (non-hydrogen) atoms. The van der Waals surface area contributed by atoms with E-state index in [1.807, 2.05) is 6.20 Å². The molecule has 1 fully saturated rings. The summed E-state index contributed by atoms with van der Waals surface area (Å²) in [5.74, 6) is 1.18. The van der Waals surface area contributed by atoms with Crippen molar-refractivity contribution in [1.82, 2.24) is 4.98 Å². The second-order valence-electron chi connectivity index (χ2n) is 8.36. The zero-order valence-corrected chi connectivity index (χ0v) is 17.0. The van der Waals surface area contributed by atoms with Crippen molar-refractivity contribution in [2.45, 2.75) is 50.9 Å². The third kappa shape index (κ3) is 4.21. The molecule has 148 valence electrons. The molecule has 1 aromatic heterocycles. The van der Waals surface area contributed by atoms with Gasteiger partial charge in [-0.25, -0.2) is 4.79 Å². The zero-order valence-electron chi connectivity index (χ0n) is 17.0. The summed E-state index contributed by atoms with van der Waals surface area (Å²) in [5, 5.41) is 0. The highest BCUT2D eigenvalue weighted by molar-refractivity contribution is 5.90. The minimum atomic E-state index is -0.273. The number of aryl methyl sites for hydroxylation is 2. The van der Waals surface area contributed by atoms with Crippen molar-refractivity contribution in [2.75, 3.05) is 25.6 Å². The Hall–Kier alpha value is -2.36. The first-order valence-electron chi connectivity index (χ1n) is 10.5. The highest BCUT2D eigenvalue weighted by atomic mass is 16.5. The third-order valence-electron chi connectivity index (χ3n) is 6.31. The van der Waals surface area contributed by atoms with Gasteiger partial charge in [0.2, 0.25) is 0 Å². The van der Waals surface area contributed by atoms with Crippen molar-refractivity contribution in [3.8, 4) is 0 Å². The molecule has 0 N–H and O–H groups in total. The molecule has 0 radical (unpaired) electrons. The van der Waals surface area contributed by atoms with Crippen LogP contribution in [-0.4, -0.2) is 31.7 Å². The fourth-order valence-corrected chi connectivity index (χ4v) is 4.50. The molecule has 1 saturated carbocycles. The van der Waals surface area contributed by atoms with Gasteiger partial charge in [-0.05, 0) is 91.7 Å². The fraction of sp³-hybridized carbons (Fsp3) is 0.500. The number of rotatable bonds is 7. The first kappa shape index (κ1) is 19.0. The van der Waals surface area contributed by atoms with Gasteiger partial charge in [-0.2, -0.15) is 0 Å². The smallest absolute Gasteiger partial charge is 0.338 e. The molecule has 4 heteroatoms. The Kier molecular flexibility index (Phi) is 5.65. The lowest BCUT2D eigenvalue weighted by Crippen LogP contribution is -2.21. The van der Waals surface area contributed by atoms with Gasteiger partial charge in [-0.15, -0.1) is 0 Å². The summed E-state index contributed by atoms with van der Waals surface area (Å²) in [6.07, 6.45) is 11.8. The van der Waals surface area contributed by atoms with Gasteiger partial charge in [0.1, 0.15) is 0 Å². The van der Waals surface area contributed by atoms with Gasteiger partial charge >= 0.3 is 5.97 Å². The first-order chi connectivity index (χ1) is 13.7. The number of carbonyl (C=O) groups excluding carboxylic acids is 1. The Balaban J connectivity index is 1.47. The lowest BCUT2D eigenvalue weighted by atomic mass is 9.79. The number of benzene rings is 1. The van der Waals surface area contributed by atoms with Crippen LogP contribution in [0.5, 0.6) is 0 Å². The van der Waals surface area contributed by atoms with Gasteiger partial charge in [0, 0.05) is 31.7 Å². The molecule has 1 aromatic carbocycles. The SMILES string of the molecule is COC(=O)c1ccncc1CC[C@@H]1CCCc2cc(N(C)CC3CC3)ccc21. The van der Waals surface area contributed by atoms with E-state index in [1.165, 1.54) is 62.6 Å². The van der Waals surface area contributed by atoms with E-state index in [2.05, 4.69) is 35.1 Å². The average molecular weight is 379 g/mol. The van der Waals surface area contributed by atoms with Gasteiger partial charge in [0.25, 0.3) is 0 Å². The molecule has 0 bridgehead atoms. The highest BCUT2D eigenvalue weighted by Gasteiger charge is 2.25. The lowest BCUT2D eigenvalue weighted by molar-refractivity contribution is 0.0599. The van der Waals surface area contributed by atoms with E-state index in [-0.39, 0.29) is 5.97 Å². The van der Waals surface area contributed by atoms with Crippen LogP contribution in [0.15, 0.2) is 36.7 Å². The average Bonchev–Trinajstić information content (AvgIpc) is 3.55. The lowest BCUT2D eigenvalue weighted by Gasteiger charge is -2.28. The second-order valence-corrected chi connectivity index (χ2v) is 8.36. The van der Waals surface area contributed by atoms with Gasteiger partial charge in [-0.3, -0.25) is 4.98 Å². The summed E-state index contributed by atoms with van der Waals surface area (Å²) >= 11 is 0. The molecule has 4 nitrogen and oxygen atoms in total. The van der Waals surface area contributed by atoms with Crippen LogP contribution in [0.4, 0.5) is 5.69 Å². The van der Waals surface area contributed by atoms with Gasteiger partial charge in [0.15, 0.2) is 0 Å². The van der Waals surface area contributed by atoms with Crippen LogP contribution in [0, 0.1) is 5.92 Å². The molecule has 2 aliphatic rings. The minimum Gasteiger partial charge on any atom is -0.465 e. The molecule has 1 heterocycles. The number of carbonyl (C=O) groups is 1. The quantitative estimate of drug-likeness (QED) is 0.651. The molecule has 2 aromatic rings. The monoisotopic (exact) mass is 378 g/mol. The van der Waals surface area contributed by atoms with Crippen molar-refractivity contribution in [3.05, 3.63) is 58.9 Å². The maximum Gasteiger partial charge on any atom is 0.338 e. The summed E-state index contributed by atoms with van der Waals surface area (Å²) in [6, 6.07) is 8.82. The second kappa shape index (κ2) is 8.34. The van der Waals surface area contributed by atoms with E-state index < -0.39 is 0 Å².